The van der Waals surface area contributed by atoms with Crippen LogP contribution in [-0.4, -0.2) is 10.2 Å². The van der Waals surface area contributed by atoms with Gasteiger partial charge in [-0.2, -0.15) is 10.4 Å². The number of aromatic amines is 1. The molecule has 2 aromatic heterocycles. The molecule has 6 nitrogen and oxygen atoms in total. The van der Waals surface area contributed by atoms with Gasteiger partial charge < -0.3 is 15.5 Å². The van der Waals surface area contributed by atoms with Gasteiger partial charge in [0.05, 0.1) is 30.1 Å². The van der Waals surface area contributed by atoms with Crippen molar-refractivity contribution >= 4 is 5.82 Å². The quantitative estimate of drug-likeness (QED) is 0.702. The molecule has 2 aromatic rings. The van der Waals surface area contributed by atoms with Gasteiger partial charge in [-0.3, -0.25) is 5.10 Å². The summed E-state index contributed by atoms with van der Waals surface area (Å²) < 4.78 is 5.10. The molecule has 90 valence electrons. The van der Waals surface area contributed by atoms with Gasteiger partial charge in [0, 0.05) is 16.8 Å². The van der Waals surface area contributed by atoms with Gasteiger partial charge >= 0.3 is 0 Å². The summed E-state index contributed by atoms with van der Waals surface area (Å²) in [7, 11) is 0. The first kappa shape index (κ1) is 10.5. The molecule has 1 aliphatic rings. The van der Waals surface area contributed by atoms with E-state index >= 15 is 0 Å². The van der Waals surface area contributed by atoms with Crippen molar-refractivity contribution < 1.29 is 4.42 Å². The van der Waals surface area contributed by atoms with E-state index in [1.807, 2.05) is 13.0 Å². The predicted molar refractivity (Wildman–Crippen MR) is 64.3 cm³/mol. The van der Waals surface area contributed by atoms with Crippen LogP contribution in [0.3, 0.4) is 0 Å². The lowest BCUT2D eigenvalue weighted by Crippen LogP contribution is -2.22. The summed E-state index contributed by atoms with van der Waals surface area (Å²) >= 11 is 0. The van der Waals surface area contributed by atoms with Crippen LogP contribution in [0.1, 0.15) is 22.7 Å². The lowest BCUT2D eigenvalue weighted by Gasteiger charge is -2.23. The van der Waals surface area contributed by atoms with Crippen LogP contribution in [0.5, 0.6) is 0 Å². The molecule has 0 saturated heterocycles. The Morgan fingerprint density at radius 3 is 3.06 bits per heavy atom. The Morgan fingerprint density at radius 1 is 1.56 bits per heavy atom. The highest BCUT2D eigenvalue weighted by molar-refractivity contribution is 5.65. The van der Waals surface area contributed by atoms with E-state index in [4.69, 9.17) is 10.2 Å². The van der Waals surface area contributed by atoms with Crippen molar-refractivity contribution in [1.82, 2.24) is 10.2 Å². The highest BCUT2D eigenvalue weighted by Crippen LogP contribution is 2.41. The fourth-order valence-electron chi connectivity index (χ4n) is 2.28. The molecule has 0 spiro atoms. The lowest BCUT2D eigenvalue weighted by molar-refractivity contribution is 0.563. The van der Waals surface area contributed by atoms with E-state index in [0.29, 0.717) is 17.2 Å². The van der Waals surface area contributed by atoms with Crippen LogP contribution in [0.4, 0.5) is 5.82 Å². The molecule has 0 saturated carbocycles. The summed E-state index contributed by atoms with van der Waals surface area (Å²) in [5.41, 5.74) is 9.08. The highest BCUT2D eigenvalue weighted by atomic mass is 16.3. The fourth-order valence-corrected chi connectivity index (χ4v) is 2.28. The number of nitrogens with two attached hydrogens (primary N) is 1. The predicted octanol–water partition coefficient (Wildman–Crippen LogP) is 1.56. The first-order valence-corrected chi connectivity index (χ1v) is 5.46. The Bertz CT molecular complexity index is 659. The van der Waals surface area contributed by atoms with Gasteiger partial charge in [0.1, 0.15) is 5.82 Å². The molecule has 4 N–H and O–H groups in total. The van der Waals surface area contributed by atoms with E-state index in [0.717, 1.165) is 16.8 Å². The lowest BCUT2D eigenvalue weighted by atomic mass is 9.84. The van der Waals surface area contributed by atoms with Gasteiger partial charge in [-0.05, 0) is 13.0 Å². The highest BCUT2D eigenvalue weighted by Gasteiger charge is 2.32. The number of furan rings is 1. The average Bonchev–Trinajstić information content (AvgIpc) is 2.98. The van der Waals surface area contributed by atoms with Gasteiger partial charge in [-0.1, -0.05) is 0 Å². The second-order valence-corrected chi connectivity index (χ2v) is 4.16. The smallest absolute Gasteiger partial charge is 0.157 e. The summed E-state index contributed by atoms with van der Waals surface area (Å²) in [5.74, 6) is 0.765. The summed E-state index contributed by atoms with van der Waals surface area (Å²) in [6.45, 7) is 1.91. The Morgan fingerprint density at radius 2 is 2.39 bits per heavy atom. The van der Waals surface area contributed by atoms with Crippen molar-refractivity contribution in [3.05, 3.63) is 46.8 Å². The molecule has 0 amide bonds. The van der Waals surface area contributed by atoms with Gasteiger partial charge in [0.2, 0.25) is 0 Å². The fraction of sp³-hybridized carbons (Fsp3) is 0.167. The molecule has 0 unspecified atom stereocenters. The maximum absolute atomic E-state index is 9.30. The molecule has 18 heavy (non-hydrogen) atoms. The first-order chi connectivity index (χ1) is 8.72. The van der Waals surface area contributed by atoms with Crippen molar-refractivity contribution in [2.45, 2.75) is 12.8 Å². The van der Waals surface area contributed by atoms with Crippen molar-refractivity contribution in [3.63, 3.8) is 0 Å². The zero-order valence-electron chi connectivity index (χ0n) is 9.69. The zero-order valence-corrected chi connectivity index (χ0v) is 9.69. The SMILES string of the molecule is Cc1[nH]nc2c1[C@H](c1ccoc1)C(C#N)=C(N)N2. The Balaban J connectivity index is 2.25. The van der Waals surface area contributed by atoms with Crippen LogP contribution in [0.25, 0.3) is 0 Å². The molecule has 0 radical (unpaired) electrons. The molecule has 1 atom stereocenters. The number of nitrogens with zero attached hydrogens (tertiary/aromatic N) is 2. The molecule has 3 rings (SSSR count). The normalized spacial score (nSPS) is 18.1. The van der Waals surface area contributed by atoms with E-state index in [1.165, 1.54) is 0 Å². The van der Waals surface area contributed by atoms with Gasteiger partial charge in [-0.15, -0.1) is 0 Å². The van der Waals surface area contributed by atoms with Crippen LogP contribution in [0, 0.1) is 18.3 Å². The van der Waals surface area contributed by atoms with E-state index in [-0.39, 0.29) is 5.92 Å². The Hall–Kier alpha value is -2.68. The number of H-pyrrole nitrogens is 1. The van der Waals surface area contributed by atoms with Gasteiger partial charge in [0.15, 0.2) is 5.82 Å². The minimum Gasteiger partial charge on any atom is -0.472 e. The molecule has 3 heterocycles. The minimum atomic E-state index is -0.233. The number of hydrogen-bond acceptors (Lipinski definition) is 5. The maximum Gasteiger partial charge on any atom is 0.157 e. The summed E-state index contributed by atoms with van der Waals surface area (Å²) in [4.78, 5) is 0. The van der Waals surface area contributed by atoms with Crippen molar-refractivity contribution in [1.29, 1.82) is 5.26 Å². The third-order valence-corrected chi connectivity index (χ3v) is 3.11. The van der Waals surface area contributed by atoms with Crippen molar-refractivity contribution in [2.75, 3.05) is 5.32 Å². The molecule has 0 bridgehead atoms. The first-order valence-electron chi connectivity index (χ1n) is 5.46. The minimum absolute atomic E-state index is 0.233. The number of anilines is 1. The number of fused-ring (bicyclic) bond motifs is 1. The number of rotatable bonds is 1. The van der Waals surface area contributed by atoms with Crippen LogP contribution in [0.2, 0.25) is 0 Å². The van der Waals surface area contributed by atoms with Crippen LogP contribution in [-0.2, 0) is 0 Å². The average molecular weight is 241 g/mol. The molecule has 0 aromatic carbocycles. The van der Waals surface area contributed by atoms with Crippen LogP contribution >= 0.6 is 0 Å². The third-order valence-electron chi connectivity index (χ3n) is 3.11. The molecular formula is C12H11N5O. The number of aryl methyl sites for hydroxylation is 1. The molecule has 0 fully saturated rings. The second-order valence-electron chi connectivity index (χ2n) is 4.16. The standard InChI is InChI=1S/C12H11N5O/c1-6-9-10(7-2-3-18-5-7)8(4-13)11(14)15-12(9)17-16-6/h2-3,5,10H,14H2,1H3,(H2,15,16,17)/t10-/m1/s1. The number of hydrogen-bond donors (Lipinski definition) is 3. The van der Waals surface area contributed by atoms with E-state index in [2.05, 4.69) is 21.6 Å². The number of allylic oxidation sites excluding steroid dienone is 1. The molecular weight excluding hydrogens is 230 g/mol. The summed E-state index contributed by atoms with van der Waals surface area (Å²) in [6.07, 6.45) is 3.20. The Kier molecular flexibility index (Phi) is 2.13. The largest absolute Gasteiger partial charge is 0.472 e. The third kappa shape index (κ3) is 1.31. The molecule has 0 aliphatic carbocycles. The molecule has 6 heteroatoms. The van der Waals surface area contributed by atoms with Gasteiger partial charge in [0.25, 0.3) is 0 Å². The van der Waals surface area contributed by atoms with E-state index in [1.54, 1.807) is 12.5 Å². The number of aromatic nitrogens is 2. The monoisotopic (exact) mass is 241 g/mol. The van der Waals surface area contributed by atoms with Crippen molar-refractivity contribution in [2.24, 2.45) is 5.73 Å². The van der Waals surface area contributed by atoms with Crippen molar-refractivity contribution in [3.8, 4) is 6.07 Å². The zero-order chi connectivity index (χ0) is 12.7. The van der Waals surface area contributed by atoms with Crippen LogP contribution in [0.15, 0.2) is 34.4 Å². The van der Waals surface area contributed by atoms with E-state index < -0.39 is 0 Å². The number of nitrogens with one attached hydrogen (secondary N) is 2. The van der Waals surface area contributed by atoms with Gasteiger partial charge in [-0.25, -0.2) is 0 Å². The van der Waals surface area contributed by atoms with Crippen LogP contribution < -0.4 is 11.1 Å². The second kappa shape index (κ2) is 3.67. The molecule has 1 aliphatic heterocycles. The summed E-state index contributed by atoms with van der Waals surface area (Å²) in [6, 6.07) is 3.99. The maximum atomic E-state index is 9.30. The number of nitriles is 1. The topological polar surface area (TPSA) is 104 Å². The Labute approximate surface area is 103 Å². The van der Waals surface area contributed by atoms with E-state index in [9.17, 15) is 5.26 Å². The summed E-state index contributed by atoms with van der Waals surface area (Å²) in [5, 5.41) is 19.3.